The zero-order chi connectivity index (χ0) is 70.4. The third kappa shape index (κ3) is 68.5. The molecule has 5 atom stereocenters. The lowest BCUT2D eigenvalue weighted by Gasteiger charge is -2.21. The second-order valence-electron chi connectivity index (χ2n) is 24.8. The van der Waals surface area contributed by atoms with Crippen LogP contribution in [0.25, 0.3) is 0 Å². The molecule has 0 spiro atoms. The zero-order valence-corrected chi connectivity index (χ0v) is 62.1. The van der Waals surface area contributed by atoms with Crippen molar-refractivity contribution in [2.24, 2.45) is 0 Å². The molecule has 17 nitrogen and oxygen atoms in total. The molecule has 0 aromatic rings. The van der Waals surface area contributed by atoms with Gasteiger partial charge in [-0.3, -0.25) is 37.3 Å². The molecule has 0 saturated carbocycles. The van der Waals surface area contributed by atoms with Crippen molar-refractivity contribution in [3.63, 3.8) is 0 Å². The second kappa shape index (κ2) is 69.5. The minimum Gasteiger partial charge on any atom is -0.462 e. The summed E-state index contributed by atoms with van der Waals surface area (Å²) in [6.45, 7) is 4.57. The number of ether oxygens (including phenoxy) is 4. The Hall–Kier alpha value is -4.02. The number of phosphoric ester groups is 2. The van der Waals surface area contributed by atoms with Crippen LogP contribution in [-0.4, -0.2) is 96.7 Å². The van der Waals surface area contributed by atoms with Gasteiger partial charge in [-0.15, -0.1) is 0 Å². The molecular weight excluding hydrogens is 1260 g/mol. The van der Waals surface area contributed by atoms with Gasteiger partial charge in [0.25, 0.3) is 0 Å². The van der Waals surface area contributed by atoms with Gasteiger partial charge in [0, 0.05) is 25.7 Å². The number of aliphatic hydroxyl groups excluding tert-OH is 1. The van der Waals surface area contributed by atoms with Crippen LogP contribution < -0.4 is 0 Å². The number of carbonyl (C=O) groups excluding carboxylic acids is 4. The Morgan fingerprint density at radius 1 is 0.302 bits per heavy atom. The van der Waals surface area contributed by atoms with E-state index in [-0.39, 0.29) is 25.7 Å². The van der Waals surface area contributed by atoms with Crippen LogP contribution in [0, 0.1) is 0 Å². The zero-order valence-electron chi connectivity index (χ0n) is 60.3. The molecule has 554 valence electrons. The van der Waals surface area contributed by atoms with Crippen molar-refractivity contribution >= 4 is 39.5 Å². The van der Waals surface area contributed by atoms with E-state index >= 15 is 0 Å². The van der Waals surface area contributed by atoms with Crippen LogP contribution in [0.5, 0.6) is 0 Å². The summed E-state index contributed by atoms with van der Waals surface area (Å²) >= 11 is 0. The number of allylic oxidation sites excluding steroid dienone is 16. The van der Waals surface area contributed by atoms with Crippen LogP contribution in [-0.2, 0) is 65.4 Å². The fraction of sp³-hybridized carbons (Fsp3) is 0.740. The molecule has 0 radical (unpaired) electrons. The van der Waals surface area contributed by atoms with E-state index in [1.807, 2.05) is 0 Å². The van der Waals surface area contributed by atoms with Crippen molar-refractivity contribution in [1.82, 2.24) is 0 Å². The third-order valence-corrected chi connectivity index (χ3v) is 17.4. The van der Waals surface area contributed by atoms with Crippen LogP contribution in [0.2, 0.25) is 0 Å². The number of phosphoric acid groups is 2. The number of esters is 4. The van der Waals surface area contributed by atoms with E-state index in [1.165, 1.54) is 57.8 Å². The molecule has 0 bridgehead atoms. The van der Waals surface area contributed by atoms with Crippen LogP contribution >= 0.6 is 15.6 Å². The van der Waals surface area contributed by atoms with Crippen molar-refractivity contribution in [2.45, 2.75) is 329 Å². The Bertz CT molecular complexity index is 2200. The van der Waals surface area contributed by atoms with Crippen molar-refractivity contribution in [2.75, 3.05) is 39.6 Å². The van der Waals surface area contributed by atoms with Crippen molar-refractivity contribution in [3.8, 4) is 0 Å². The van der Waals surface area contributed by atoms with Gasteiger partial charge in [-0.05, 0) is 122 Å². The van der Waals surface area contributed by atoms with Crippen LogP contribution in [0.4, 0.5) is 0 Å². The Kier molecular flexibility index (Phi) is 66.6. The fourth-order valence-electron chi connectivity index (χ4n) is 9.87. The molecule has 0 heterocycles. The maximum atomic E-state index is 13.1. The number of rotatable bonds is 70. The number of carbonyl (C=O) groups is 4. The molecule has 0 aliphatic heterocycles. The summed E-state index contributed by atoms with van der Waals surface area (Å²) in [5.74, 6) is -2.22. The highest BCUT2D eigenvalue weighted by Crippen LogP contribution is 2.45. The molecule has 0 saturated heterocycles. The topological polar surface area (TPSA) is 237 Å². The molecule has 0 fully saturated rings. The highest BCUT2D eigenvalue weighted by atomic mass is 31.2. The van der Waals surface area contributed by atoms with Gasteiger partial charge < -0.3 is 33.8 Å². The minimum atomic E-state index is -4.98. The van der Waals surface area contributed by atoms with Gasteiger partial charge in [0.05, 0.1) is 26.4 Å². The van der Waals surface area contributed by atoms with Crippen molar-refractivity contribution in [1.29, 1.82) is 0 Å². The first-order valence-electron chi connectivity index (χ1n) is 37.5. The van der Waals surface area contributed by atoms with E-state index in [4.69, 9.17) is 37.0 Å². The number of hydrogen-bond acceptors (Lipinski definition) is 15. The summed E-state index contributed by atoms with van der Waals surface area (Å²) in [7, 11) is -9.95. The van der Waals surface area contributed by atoms with E-state index < -0.39 is 97.5 Å². The molecular formula is C77H134O17P2. The maximum Gasteiger partial charge on any atom is 0.472 e. The Morgan fingerprint density at radius 3 is 0.854 bits per heavy atom. The number of aliphatic hydroxyl groups is 1. The molecule has 0 aromatic carbocycles. The van der Waals surface area contributed by atoms with Gasteiger partial charge in [0.1, 0.15) is 19.3 Å². The van der Waals surface area contributed by atoms with Gasteiger partial charge in [-0.2, -0.15) is 0 Å². The van der Waals surface area contributed by atoms with E-state index in [9.17, 15) is 43.2 Å². The number of unbranched alkanes of at least 4 members (excludes halogenated alkanes) is 28. The summed E-state index contributed by atoms with van der Waals surface area (Å²) in [4.78, 5) is 72.7. The van der Waals surface area contributed by atoms with Gasteiger partial charge in [0.2, 0.25) is 0 Å². The summed E-state index contributed by atoms with van der Waals surface area (Å²) in [5.41, 5.74) is 0. The number of hydrogen-bond donors (Lipinski definition) is 3. The summed E-state index contributed by atoms with van der Waals surface area (Å²) in [6.07, 6.45) is 71.1. The Labute approximate surface area is 582 Å². The second-order valence-corrected chi connectivity index (χ2v) is 27.7. The van der Waals surface area contributed by atoms with Crippen LogP contribution in [0.3, 0.4) is 0 Å². The molecule has 5 unspecified atom stereocenters. The fourth-order valence-corrected chi connectivity index (χ4v) is 11.4. The standard InChI is InChI=1S/C77H134O17P2/c1-5-9-13-17-21-25-29-32-35-38-42-45-49-53-57-61-74(79)87-67-72(93-76(81)63-59-55-51-47-41-28-24-20-16-12-8-4)69-91-95(83,84)89-65-71(78)66-90-96(85,86)92-70-73(94-77(82)64-60-56-52-48-44-40-37-34-31-27-23-19-15-11-7-3)68-88-75(80)62-58-54-50-46-43-39-36-33-30-26-22-18-14-10-6-2/h10-11,14-15,21-23,25-27,32-37,71-73,78H,5-9,12-13,16-20,24,28-31,38-70H2,1-4H3,(H,83,84)(H,85,86)/b14-10-,15-11-,25-21-,26-22-,27-23-,35-32-,36-33-,37-34-. The van der Waals surface area contributed by atoms with Gasteiger partial charge in [-0.1, -0.05) is 260 Å². The molecule has 0 amide bonds. The lowest BCUT2D eigenvalue weighted by atomic mass is 10.1. The lowest BCUT2D eigenvalue weighted by Crippen LogP contribution is -2.30. The molecule has 0 aliphatic rings. The summed E-state index contributed by atoms with van der Waals surface area (Å²) in [6, 6.07) is 0. The predicted molar refractivity (Wildman–Crippen MR) is 390 cm³/mol. The monoisotopic (exact) mass is 1390 g/mol. The Morgan fingerprint density at radius 2 is 0.542 bits per heavy atom. The molecule has 0 aromatic heterocycles. The maximum absolute atomic E-state index is 13.1. The summed E-state index contributed by atoms with van der Waals surface area (Å²) < 4.78 is 68.4. The van der Waals surface area contributed by atoms with E-state index in [0.29, 0.717) is 25.7 Å². The summed E-state index contributed by atoms with van der Waals surface area (Å²) in [5, 5.41) is 10.6. The molecule has 0 rings (SSSR count). The first kappa shape index (κ1) is 92.0. The van der Waals surface area contributed by atoms with Crippen molar-refractivity contribution in [3.05, 3.63) is 97.2 Å². The Balaban J connectivity index is 5.35. The SMILES string of the molecule is CC/C=C\C/C=C\C/C=C\CCCCCCCC(=O)OCC(COP(=O)(O)OCC(O)COP(=O)(O)OCC(COC(=O)CCCCCCC/C=C\C/C=C\CCCCC)OC(=O)CCCCCCCCCCCCC)OC(=O)CCCCCCC/C=C\C/C=C\C/C=C\CC. The highest BCUT2D eigenvalue weighted by Gasteiger charge is 2.30. The average molecular weight is 1390 g/mol. The normalized spacial score (nSPS) is 14.5. The highest BCUT2D eigenvalue weighted by molar-refractivity contribution is 7.47. The van der Waals surface area contributed by atoms with E-state index in [0.717, 1.165) is 173 Å². The largest absolute Gasteiger partial charge is 0.472 e. The van der Waals surface area contributed by atoms with Gasteiger partial charge in [-0.25, -0.2) is 9.13 Å². The van der Waals surface area contributed by atoms with Crippen molar-refractivity contribution < 1.29 is 80.2 Å². The van der Waals surface area contributed by atoms with E-state index in [2.05, 4.69) is 125 Å². The first-order valence-corrected chi connectivity index (χ1v) is 40.5. The lowest BCUT2D eigenvalue weighted by molar-refractivity contribution is -0.161. The smallest absolute Gasteiger partial charge is 0.462 e. The van der Waals surface area contributed by atoms with Gasteiger partial charge in [0.15, 0.2) is 12.2 Å². The van der Waals surface area contributed by atoms with E-state index in [1.54, 1.807) is 0 Å². The molecule has 3 N–H and O–H groups in total. The third-order valence-electron chi connectivity index (χ3n) is 15.5. The first-order chi connectivity index (χ1) is 46.7. The van der Waals surface area contributed by atoms with Crippen LogP contribution in [0.1, 0.15) is 310 Å². The molecule has 0 aliphatic carbocycles. The molecule has 19 heteroatoms. The predicted octanol–water partition coefficient (Wildman–Crippen LogP) is 21.2. The average Bonchev–Trinajstić information content (AvgIpc) is 1.09. The molecule has 96 heavy (non-hydrogen) atoms. The quantitative estimate of drug-likeness (QED) is 0.0169. The van der Waals surface area contributed by atoms with Gasteiger partial charge >= 0.3 is 39.5 Å². The van der Waals surface area contributed by atoms with Crippen LogP contribution in [0.15, 0.2) is 97.2 Å². The minimum absolute atomic E-state index is 0.0712.